The summed E-state index contributed by atoms with van der Waals surface area (Å²) in [4.78, 5) is 1.46. The second-order valence-electron chi connectivity index (χ2n) is 5.27. The van der Waals surface area contributed by atoms with Crippen LogP contribution in [0.5, 0.6) is 0 Å². The monoisotopic (exact) mass is 246 g/mol. The zero-order valence-electron chi connectivity index (χ0n) is 10.3. The Labute approximate surface area is 104 Å². The van der Waals surface area contributed by atoms with Gasteiger partial charge < -0.3 is 0 Å². The van der Waals surface area contributed by atoms with Gasteiger partial charge in [0.1, 0.15) is 8.07 Å². The first-order valence-electron chi connectivity index (χ1n) is 5.83. The lowest BCUT2D eigenvalue weighted by molar-refractivity contribution is 0.889. The number of fused-ring (bicyclic) bond motifs is 1. The van der Waals surface area contributed by atoms with Crippen LogP contribution >= 0.6 is 11.8 Å². The lowest BCUT2D eigenvalue weighted by atomic mass is 10.1. The highest BCUT2D eigenvalue weighted by Crippen LogP contribution is 2.30. The van der Waals surface area contributed by atoms with Crippen LogP contribution in [0.1, 0.15) is 17.5 Å². The van der Waals surface area contributed by atoms with E-state index < -0.39 is 8.07 Å². The van der Waals surface area contributed by atoms with Gasteiger partial charge in [-0.15, -0.1) is 17.3 Å². The summed E-state index contributed by atoms with van der Waals surface area (Å²) in [6, 6.07) is 6.70. The third-order valence-electron chi connectivity index (χ3n) is 2.49. The molecule has 2 heteroatoms. The number of aryl methyl sites for hydroxylation is 1. The fourth-order valence-corrected chi connectivity index (χ4v) is 3.24. The van der Waals surface area contributed by atoms with Crippen LogP contribution in [0, 0.1) is 11.5 Å². The summed E-state index contributed by atoms with van der Waals surface area (Å²) >= 11 is 1.98. The van der Waals surface area contributed by atoms with Crippen LogP contribution in [0.3, 0.4) is 0 Å². The first-order chi connectivity index (χ1) is 7.54. The molecule has 0 aliphatic carbocycles. The summed E-state index contributed by atoms with van der Waals surface area (Å²) in [5, 5.41) is 0. The molecule has 84 valence electrons. The molecule has 0 atom stereocenters. The van der Waals surface area contributed by atoms with Crippen molar-refractivity contribution in [1.29, 1.82) is 0 Å². The Bertz CT molecular complexity index is 446. The highest BCUT2D eigenvalue weighted by atomic mass is 32.2. The van der Waals surface area contributed by atoms with Crippen molar-refractivity contribution in [3.05, 3.63) is 29.3 Å². The van der Waals surface area contributed by atoms with Gasteiger partial charge in [0, 0.05) is 10.5 Å². The normalized spacial score (nSPS) is 14.9. The molecule has 0 N–H and O–H groups in total. The lowest BCUT2D eigenvalue weighted by Gasteiger charge is -2.14. The predicted octanol–water partition coefficient (Wildman–Crippen LogP) is 3.95. The molecule has 1 heterocycles. The van der Waals surface area contributed by atoms with E-state index in [1.807, 2.05) is 11.8 Å². The molecule has 0 unspecified atom stereocenters. The van der Waals surface area contributed by atoms with Crippen LogP contribution in [-0.2, 0) is 6.42 Å². The summed E-state index contributed by atoms with van der Waals surface area (Å²) in [5.41, 5.74) is 6.12. The topological polar surface area (TPSA) is 0 Å². The fourth-order valence-electron chi connectivity index (χ4n) is 1.70. The molecule has 0 radical (unpaired) electrons. The molecule has 1 aromatic rings. The Morgan fingerprint density at radius 3 is 2.81 bits per heavy atom. The molecule has 0 fully saturated rings. The van der Waals surface area contributed by atoms with Crippen molar-refractivity contribution in [2.45, 2.75) is 37.4 Å². The van der Waals surface area contributed by atoms with E-state index in [9.17, 15) is 0 Å². The molecule has 2 rings (SSSR count). The summed E-state index contributed by atoms with van der Waals surface area (Å²) in [6.07, 6.45) is 2.54. The van der Waals surface area contributed by atoms with Crippen LogP contribution in [0.25, 0.3) is 0 Å². The molecule has 0 aromatic heterocycles. The molecule has 1 aromatic carbocycles. The van der Waals surface area contributed by atoms with Gasteiger partial charge in [-0.05, 0) is 42.4 Å². The summed E-state index contributed by atoms with van der Waals surface area (Å²) in [7, 11) is -1.24. The molecule has 0 bridgehead atoms. The number of rotatable bonds is 0. The first kappa shape index (κ1) is 11.8. The van der Waals surface area contributed by atoms with Gasteiger partial charge in [-0.2, -0.15) is 0 Å². The second-order valence-corrected chi connectivity index (χ2v) is 11.2. The maximum atomic E-state index is 3.43. The van der Waals surface area contributed by atoms with Crippen molar-refractivity contribution in [3.8, 4) is 11.5 Å². The molecular formula is C14H18SSi. The van der Waals surface area contributed by atoms with Crippen LogP contribution in [-0.4, -0.2) is 13.8 Å². The van der Waals surface area contributed by atoms with Gasteiger partial charge >= 0.3 is 0 Å². The molecular weight excluding hydrogens is 228 g/mol. The number of thioether (sulfide) groups is 1. The molecule has 0 saturated carbocycles. The minimum atomic E-state index is -1.24. The van der Waals surface area contributed by atoms with E-state index in [0.29, 0.717) is 0 Å². The molecule has 1 aliphatic heterocycles. The van der Waals surface area contributed by atoms with Gasteiger partial charge in [0.15, 0.2) is 0 Å². The zero-order valence-corrected chi connectivity index (χ0v) is 12.1. The third-order valence-corrected chi connectivity index (χ3v) is 4.57. The summed E-state index contributed by atoms with van der Waals surface area (Å²) in [5.74, 6) is 4.61. The molecule has 0 nitrogen and oxygen atoms in total. The molecule has 16 heavy (non-hydrogen) atoms. The number of benzene rings is 1. The van der Waals surface area contributed by atoms with Gasteiger partial charge in [-0.3, -0.25) is 0 Å². The van der Waals surface area contributed by atoms with E-state index in [0.717, 1.165) is 0 Å². The Morgan fingerprint density at radius 1 is 1.25 bits per heavy atom. The lowest BCUT2D eigenvalue weighted by Crippen LogP contribution is -2.16. The highest BCUT2D eigenvalue weighted by Gasteiger charge is 2.10. The third kappa shape index (κ3) is 3.17. The molecule has 0 saturated heterocycles. The fraction of sp³-hybridized carbons (Fsp3) is 0.429. The second kappa shape index (κ2) is 4.69. The van der Waals surface area contributed by atoms with Crippen molar-refractivity contribution in [3.63, 3.8) is 0 Å². The average Bonchev–Trinajstić information content (AvgIpc) is 2.25. The smallest absolute Gasteiger partial charge is 0.127 e. The average molecular weight is 246 g/mol. The SMILES string of the molecule is C[Si](C)(C)C#Cc1ccc2c(c1)CCCS2. The van der Waals surface area contributed by atoms with Crippen LogP contribution < -0.4 is 0 Å². The number of hydrogen-bond donors (Lipinski definition) is 0. The van der Waals surface area contributed by atoms with Crippen LogP contribution in [0.4, 0.5) is 0 Å². The number of hydrogen-bond acceptors (Lipinski definition) is 1. The maximum Gasteiger partial charge on any atom is 0.129 e. The van der Waals surface area contributed by atoms with E-state index in [4.69, 9.17) is 0 Å². The molecule has 0 spiro atoms. The summed E-state index contributed by atoms with van der Waals surface area (Å²) in [6.45, 7) is 6.86. The minimum absolute atomic E-state index is 1.20. The quantitative estimate of drug-likeness (QED) is 0.493. The van der Waals surface area contributed by atoms with Gasteiger partial charge in [0.05, 0.1) is 0 Å². The van der Waals surface area contributed by atoms with Gasteiger partial charge in [-0.25, -0.2) is 0 Å². The van der Waals surface area contributed by atoms with Gasteiger partial charge in [0.2, 0.25) is 0 Å². The van der Waals surface area contributed by atoms with E-state index in [2.05, 4.69) is 49.3 Å². The Hall–Kier alpha value is -0.653. The Balaban J connectivity index is 2.26. The van der Waals surface area contributed by atoms with E-state index in [1.165, 1.54) is 34.6 Å². The Kier molecular flexibility index (Phi) is 3.46. The standard InChI is InChI=1S/C14H18SSi/c1-16(2,3)10-8-12-6-7-14-13(11-12)5-4-9-15-14/h6-7,11H,4-5,9H2,1-3H3. The van der Waals surface area contributed by atoms with Gasteiger partial charge in [0.25, 0.3) is 0 Å². The van der Waals surface area contributed by atoms with E-state index >= 15 is 0 Å². The van der Waals surface area contributed by atoms with Gasteiger partial charge in [-0.1, -0.05) is 25.6 Å². The maximum absolute atomic E-state index is 3.43. The predicted molar refractivity (Wildman–Crippen MR) is 75.7 cm³/mol. The zero-order chi connectivity index (χ0) is 11.6. The van der Waals surface area contributed by atoms with Crippen molar-refractivity contribution >= 4 is 19.8 Å². The first-order valence-corrected chi connectivity index (χ1v) is 10.3. The molecule has 1 aliphatic rings. The van der Waals surface area contributed by atoms with Crippen molar-refractivity contribution < 1.29 is 0 Å². The van der Waals surface area contributed by atoms with E-state index in [1.54, 1.807) is 0 Å². The van der Waals surface area contributed by atoms with Crippen LogP contribution in [0.15, 0.2) is 23.1 Å². The largest absolute Gasteiger partial charge is 0.129 e. The highest BCUT2D eigenvalue weighted by molar-refractivity contribution is 7.99. The van der Waals surface area contributed by atoms with Crippen LogP contribution in [0.2, 0.25) is 19.6 Å². The van der Waals surface area contributed by atoms with Crippen molar-refractivity contribution in [2.24, 2.45) is 0 Å². The minimum Gasteiger partial charge on any atom is -0.127 e. The van der Waals surface area contributed by atoms with E-state index in [-0.39, 0.29) is 0 Å². The Morgan fingerprint density at radius 2 is 2.06 bits per heavy atom. The van der Waals surface area contributed by atoms with Crippen molar-refractivity contribution in [1.82, 2.24) is 0 Å². The van der Waals surface area contributed by atoms with Crippen molar-refractivity contribution in [2.75, 3.05) is 5.75 Å². The summed E-state index contributed by atoms with van der Waals surface area (Å²) < 4.78 is 0. The molecule has 0 amide bonds.